The number of amides is 1. The molecule has 1 unspecified atom stereocenters. The van der Waals surface area contributed by atoms with Crippen molar-refractivity contribution in [3.8, 4) is 0 Å². The molecule has 2 rings (SSSR count). The number of H-pyrrole nitrogens is 1. The second-order valence-corrected chi connectivity index (χ2v) is 5.73. The lowest BCUT2D eigenvalue weighted by molar-refractivity contribution is -0.127. The molecule has 1 aromatic rings. The molecule has 1 saturated heterocycles. The van der Waals surface area contributed by atoms with Gasteiger partial charge in [0.15, 0.2) is 0 Å². The Balaban J connectivity index is 1.93. The van der Waals surface area contributed by atoms with Crippen LogP contribution < -0.4 is 0 Å². The lowest BCUT2D eigenvalue weighted by Gasteiger charge is -2.15. The molecule has 0 spiro atoms. The average molecular weight is 260 g/mol. The maximum atomic E-state index is 12.7. The van der Waals surface area contributed by atoms with Crippen LogP contribution in [0.3, 0.4) is 0 Å². The minimum absolute atomic E-state index is 0.0396. The van der Waals surface area contributed by atoms with Crippen LogP contribution in [0, 0.1) is 0 Å². The van der Waals surface area contributed by atoms with Gasteiger partial charge in [-0.2, -0.15) is 8.42 Å². The Morgan fingerprint density at radius 3 is 2.82 bits per heavy atom. The third-order valence-corrected chi connectivity index (χ3v) is 4.02. The second-order valence-electron chi connectivity index (χ2n) is 4.11. The molecule has 0 radical (unpaired) electrons. The Kier molecular flexibility index (Phi) is 3.19. The van der Waals surface area contributed by atoms with Crippen LogP contribution in [0.25, 0.3) is 0 Å². The van der Waals surface area contributed by atoms with Gasteiger partial charge < -0.3 is 9.88 Å². The molecule has 17 heavy (non-hydrogen) atoms. The first-order valence-corrected chi connectivity index (χ1v) is 6.74. The first-order valence-electron chi connectivity index (χ1n) is 5.30. The SMILES string of the molecule is O=C1CC(S(=O)(=O)F)CN1CCc1cc[nH]c1. The molecule has 1 atom stereocenters. The molecular weight excluding hydrogens is 247 g/mol. The summed E-state index contributed by atoms with van der Waals surface area (Å²) in [5.41, 5.74) is 1.03. The van der Waals surface area contributed by atoms with Crippen LogP contribution in [0.5, 0.6) is 0 Å². The van der Waals surface area contributed by atoms with E-state index in [0.29, 0.717) is 13.0 Å². The van der Waals surface area contributed by atoms with Gasteiger partial charge in [-0.3, -0.25) is 4.79 Å². The molecule has 1 aliphatic heterocycles. The maximum absolute atomic E-state index is 12.7. The smallest absolute Gasteiger partial charge is 0.307 e. The van der Waals surface area contributed by atoms with E-state index < -0.39 is 15.5 Å². The molecule has 1 fully saturated rings. The topological polar surface area (TPSA) is 70.2 Å². The van der Waals surface area contributed by atoms with Gasteiger partial charge in [-0.1, -0.05) is 0 Å². The number of nitrogens with one attached hydrogen (secondary N) is 1. The highest BCUT2D eigenvalue weighted by Crippen LogP contribution is 2.19. The van der Waals surface area contributed by atoms with E-state index in [0.717, 1.165) is 5.56 Å². The standard InChI is InChI=1S/C10H13FN2O3S/c11-17(15,16)9-5-10(14)13(7-9)4-2-8-1-3-12-6-8/h1,3,6,9,12H,2,4-5,7H2. The Morgan fingerprint density at radius 1 is 1.53 bits per heavy atom. The number of aromatic nitrogens is 1. The molecule has 1 aliphatic rings. The molecular formula is C10H13FN2O3S. The normalized spacial score (nSPS) is 21.1. The van der Waals surface area contributed by atoms with E-state index in [-0.39, 0.29) is 18.9 Å². The van der Waals surface area contributed by atoms with Gasteiger partial charge in [-0.05, 0) is 18.1 Å². The Hall–Kier alpha value is -1.37. The minimum atomic E-state index is -4.61. The lowest BCUT2D eigenvalue weighted by Crippen LogP contribution is -2.29. The summed E-state index contributed by atoms with van der Waals surface area (Å²) in [7, 11) is -4.61. The van der Waals surface area contributed by atoms with Crippen LogP contribution in [0.4, 0.5) is 3.89 Å². The van der Waals surface area contributed by atoms with Gasteiger partial charge in [0.25, 0.3) is 0 Å². The first kappa shape index (κ1) is 12.1. The molecule has 94 valence electrons. The van der Waals surface area contributed by atoms with E-state index >= 15 is 0 Å². The molecule has 7 heteroatoms. The number of aromatic amines is 1. The monoisotopic (exact) mass is 260 g/mol. The highest BCUT2D eigenvalue weighted by Gasteiger charge is 2.37. The van der Waals surface area contributed by atoms with Gasteiger partial charge in [0, 0.05) is 31.9 Å². The van der Waals surface area contributed by atoms with Gasteiger partial charge in [0.05, 0.1) is 0 Å². The first-order chi connectivity index (χ1) is 7.97. The van der Waals surface area contributed by atoms with E-state index in [9.17, 15) is 17.1 Å². The van der Waals surface area contributed by atoms with Crippen LogP contribution in [-0.2, 0) is 21.4 Å². The fourth-order valence-electron chi connectivity index (χ4n) is 1.92. The average Bonchev–Trinajstić information content (AvgIpc) is 2.83. The number of carbonyl (C=O) groups is 1. The summed E-state index contributed by atoms with van der Waals surface area (Å²) >= 11 is 0. The van der Waals surface area contributed by atoms with Crippen LogP contribution in [-0.4, -0.2) is 42.5 Å². The van der Waals surface area contributed by atoms with Crippen molar-refractivity contribution in [2.45, 2.75) is 18.1 Å². The quantitative estimate of drug-likeness (QED) is 0.799. The number of halogens is 1. The Morgan fingerprint density at radius 2 is 2.29 bits per heavy atom. The Bertz CT molecular complexity index is 498. The predicted molar refractivity (Wildman–Crippen MR) is 59.5 cm³/mol. The zero-order chi connectivity index (χ0) is 12.5. The van der Waals surface area contributed by atoms with Gasteiger partial charge >= 0.3 is 10.2 Å². The molecule has 1 aromatic heterocycles. The van der Waals surface area contributed by atoms with Crippen LogP contribution in [0.15, 0.2) is 18.5 Å². The Labute approximate surface area is 98.8 Å². The number of hydrogen-bond donors (Lipinski definition) is 1. The van der Waals surface area contributed by atoms with Crippen molar-refractivity contribution in [2.24, 2.45) is 0 Å². The highest BCUT2D eigenvalue weighted by molar-refractivity contribution is 7.87. The predicted octanol–water partition coefficient (Wildman–Crippen LogP) is 0.457. The molecule has 1 N–H and O–H groups in total. The van der Waals surface area contributed by atoms with E-state index in [2.05, 4.69) is 4.98 Å². The summed E-state index contributed by atoms with van der Waals surface area (Å²) in [6.07, 6.45) is 3.97. The number of likely N-dealkylation sites (tertiary alicyclic amines) is 1. The summed E-state index contributed by atoms with van der Waals surface area (Å²) in [5.74, 6) is -0.299. The number of nitrogens with zero attached hydrogens (tertiary/aromatic N) is 1. The van der Waals surface area contributed by atoms with Crippen LogP contribution in [0.1, 0.15) is 12.0 Å². The van der Waals surface area contributed by atoms with Crippen LogP contribution >= 0.6 is 0 Å². The number of hydrogen-bond acceptors (Lipinski definition) is 3. The van der Waals surface area contributed by atoms with Crippen molar-refractivity contribution in [1.29, 1.82) is 0 Å². The van der Waals surface area contributed by atoms with Crippen molar-refractivity contribution >= 4 is 16.1 Å². The van der Waals surface area contributed by atoms with Gasteiger partial charge in [0.2, 0.25) is 5.91 Å². The summed E-state index contributed by atoms with van der Waals surface area (Å²) in [6, 6.07) is 1.88. The van der Waals surface area contributed by atoms with Crippen molar-refractivity contribution in [3.05, 3.63) is 24.0 Å². The van der Waals surface area contributed by atoms with Crippen molar-refractivity contribution in [3.63, 3.8) is 0 Å². The second kappa shape index (κ2) is 4.48. The van der Waals surface area contributed by atoms with Crippen molar-refractivity contribution in [1.82, 2.24) is 9.88 Å². The summed E-state index contributed by atoms with van der Waals surface area (Å²) in [5, 5.41) is -1.19. The molecule has 0 saturated carbocycles. The van der Waals surface area contributed by atoms with Crippen LogP contribution in [0.2, 0.25) is 0 Å². The van der Waals surface area contributed by atoms with E-state index in [1.165, 1.54) is 4.90 Å². The fraction of sp³-hybridized carbons (Fsp3) is 0.500. The summed E-state index contributed by atoms with van der Waals surface area (Å²) in [4.78, 5) is 15.8. The molecule has 2 heterocycles. The highest BCUT2D eigenvalue weighted by atomic mass is 32.3. The van der Waals surface area contributed by atoms with Gasteiger partial charge in [-0.25, -0.2) is 0 Å². The lowest BCUT2D eigenvalue weighted by atomic mass is 10.2. The maximum Gasteiger partial charge on any atom is 0.307 e. The third kappa shape index (κ3) is 2.85. The third-order valence-electron chi connectivity index (χ3n) is 2.91. The van der Waals surface area contributed by atoms with Crippen molar-refractivity contribution < 1.29 is 17.1 Å². The summed E-state index contributed by atoms with van der Waals surface area (Å²) in [6.45, 7) is 0.380. The molecule has 1 amide bonds. The zero-order valence-electron chi connectivity index (χ0n) is 9.10. The molecule has 5 nitrogen and oxygen atoms in total. The number of rotatable bonds is 4. The van der Waals surface area contributed by atoms with E-state index in [4.69, 9.17) is 0 Å². The minimum Gasteiger partial charge on any atom is -0.367 e. The van der Waals surface area contributed by atoms with E-state index in [1.807, 2.05) is 12.3 Å². The van der Waals surface area contributed by atoms with Gasteiger partial charge in [0.1, 0.15) is 5.25 Å². The van der Waals surface area contributed by atoms with Crippen molar-refractivity contribution in [2.75, 3.05) is 13.1 Å². The fourth-order valence-corrected chi connectivity index (χ4v) is 2.62. The zero-order valence-corrected chi connectivity index (χ0v) is 9.91. The number of carbonyl (C=O) groups excluding carboxylic acids is 1. The van der Waals surface area contributed by atoms with E-state index in [1.54, 1.807) is 6.20 Å². The summed E-state index contributed by atoms with van der Waals surface area (Å²) < 4.78 is 34.2. The largest absolute Gasteiger partial charge is 0.367 e. The molecule has 0 aromatic carbocycles. The van der Waals surface area contributed by atoms with Gasteiger partial charge in [-0.15, -0.1) is 3.89 Å². The molecule has 0 aliphatic carbocycles. The molecule has 0 bridgehead atoms.